The highest BCUT2D eigenvalue weighted by atomic mass is 19.1. The summed E-state index contributed by atoms with van der Waals surface area (Å²) in [6.07, 6.45) is 13.6. The van der Waals surface area contributed by atoms with Crippen molar-refractivity contribution >= 4 is 5.95 Å². The van der Waals surface area contributed by atoms with Crippen LogP contribution in [0.5, 0.6) is 0 Å². The van der Waals surface area contributed by atoms with E-state index in [1.807, 2.05) is 6.20 Å². The summed E-state index contributed by atoms with van der Waals surface area (Å²) >= 11 is 0. The van der Waals surface area contributed by atoms with E-state index in [-0.39, 0.29) is 16.8 Å². The molecular weight excluding hydrogens is 347 g/mol. The third-order valence-electron chi connectivity index (χ3n) is 5.09. The van der Waals surface area contributed by atoms with E-state index in [2.05, 4.69) is 9.97 Å². The zero-order valence-electron chi connectivity index (χ0n) is 15.1. The van der Waals surface area contributed by atoms with E-state index in [1.165, 1.54) is 42.2 Å². The Morgan fingerprint density at radius 2 is 2.07 bits per heavy atom. The minimum Gasteiger partial charge on any atom is -0.466 e. The summed E-state index contributed by atoms with van der Waals surface area (Å²) in [5.41, 5.74) is 0.261. The second kappa shape index (κ2) is 7.34. The monoisotopic (exact) mass is 368 g/mol. The second-order valence-electron chi connectivity index (χ2n) is 6.87. The van der Waals surface area contributed by atoms with Crippen molar-refractivity contribution in [3.63, 3.8) is 0 Å². The van der Waals surface area contributed by atoms with Crippen molar-refractivity contribution in [2.75, 3.05) is 4.90 Å². The van der Waals surface area contributed by atoms with E-state index >= 15 is 0 Å². The number of rotatable bonds is 3. The Hall–Kier alpha value is -2.96. The van der Waals surface area contributed by atoms with Crippen LogP contribution < -0.4 is 10.5 Å². The zero-order chi connectivity index (χ0) is 18.8. The molecule has 0 N–H and O–H groups in total. The number of anilines is 1. The van der Waals surface area contributed by atoms with E-state index < -0.39 is 5.82 Å². The van der Waals surface area contributed by atoms with Crippen molar-refractivity contribution < 1.29 is 9.13 Å². The van der Waals surface area contributed by atoms with Crippen LogP contribution in [0.3, 0.4) is 0 Å². The molecule has 0 atom stereocenters. The molecule has 27 heavy (non-hydrogen) atoms. The average Bonchev–Trinajstić information content (AvgIpc) is 2.71. The molecule has 0 bridgehead atoms. The van der Waals surface area contributed by atoms with Gasteiger partial charge in [0.25, 0.3) is 5.56 Å². The highest BCUT2D eigenvalue weighted by molar-refractivity contribution is 5.61. The van der Waals surface area contributed by atoms with Gasteiger partial charge in [-0.15, -0.1) is 0 Å². The smallest absolute Gasteiger partial charge is 0.255 e. The van der Waals surface area contributed by atoms with Gasteiger partial charge in [0, 0.05) is 37.0 Å². The Bertz CT molecular complexity index is 961. The molecule has 2 aliphatic rings. The molecule has 1 fully saturated rings. The summed E-state index contributed by atoms with van der Waals surface area (Å²) < 4.78 is 21.3. The van der Waals surface area contributed by atoms with Crippen LogP contribution in [0.2, 0.25) is 0 Å². The molecule has 6 nitrogen and oxygen atoms in total. The molecule has 140 valence electrons. The number of ether oxygens (including phenoxy) is 1. The van der Waals surface area contributed by atoms with Gasteiger partial charge in [-0.3, -0.25) is 19.2 Å². The van der Waals surface area contributed by atoms with Gasteiger partial charge in [0.1, 0.15) is 12.0 Å². The van der Waals surface area contributed by atoms with Gasteiger partial charge in [-0.1, -0.05) is 19.3 Å². The van der Waals surface area contributed by atoms with Crippen LogP contribution in [0.15, 0.2) is 53.7 Å². The summed E-state index contributed by atoms with van der Waals surface area (Å²) in [5.74, 6) is 1.15. The number of pyridine rings is 1. The fourth-order valence-corrected chi connectivity index (χ4v) is 3.58. The van der Waals surface area contributed by atoms with E-state index in [4.69, 9.17) is 4.74 Å². The van der Waals surface area contributed by atoms with Crippen LogP contribution in [0.1, 0.15) is 32.1 Å². The van der Waals surface area contributed by atoms with Crippen molar-refractivity contribution in [2.45, 2.75) is 32.1 Å². The van der Waals surface area contributed by atoms with Crippen LogP contribution in [0.4, 0.5) is 10.3 Å². The minimum atomic E-state index is -0.514. The molecule has 1 saturated carbocycles. The quantitative estimate of drug-likeness (QED) is 0.827. The predicted octanol–water partition coefficient (Wildman–Crippen LogP) is 3.71. The molecule has 4 rings (SSSR count). The summed E-state index contributed by atoms with van der Waals surface area (Å²) in [4.78, 5) is 22.5. The number of aromatic nitrogens is 3. The molecule has 0 unspecified atom stereocenters. The molecule has 0 saturated heterocycles. The Labute approximate surface area is 156 Å². The van der Waals surface area contributed by atoms with Gasteiger partial charge in [-0.25, -0.2) is 9.37 Å². The molecule has 0 radical (unpaired) electrons. The van der Waals surface area contributed by atoms with Crippen LogP contribution in [0.25, 0.3) is 11.3 Å². The lowest BCUT2D eigenvalue weighted by Gasteiger charge is -2.28. The summed E-state index contributed by atoms with van der Waals surface area (Å²) in [6.45, 7) is 0. The number of halogens is 1. The maximum Gasteiger partial charge on any atom is 0.255 e. The number of nitrogens with zero attached hydrogens (tertiary/aromatic N) is 4. The maximum atomic E-state index is 14.1. The molecule has 0 spiro atoms. The van der Waals surface area contributed by atoms with Gasteiger partial charge in [0.15, 0.2) is 5.82 Å². The number of hydrogen-bond acceptors (Lipinski definition) is 5. The fraction of sp³-hybridized carbons (Fsp3) is 0.350. The van der Waals surface area contributed by atoms with Crippen LogP contribution in [0, 0.1) is 11.7 Å². The first-order chi connectivity index (χ1) is 13.1. The third kappa shape index (κ3) is 3.49. The molecule has 0 aromatic carbocycles. The van der Waals surface area contributed by atoms with Gasteiger partial charge in [0.05, 0.1) is 18.1 Å². The SMILES string of the molecule is Cn1c(N2C=COC(C3CCCCC3)=C2)nc(-c2ccncc2F)cc1=O. The van der Waals surface area contributed by atoms with Gasteiger partial charge >= 0.3 is 0 Å². The van der Waals surface area contributed by atoms with E-state index in [9.17, 15) is 9.18 Å². The Balaban J connectivity index is 1.73. The van der Waals surface area contributed by atoms with Gasteiger partial charge < -0.3 is 4.74 Å². The van der Waals surface area contributed by atoms with Crippen LogP contribution in [-0.4, -0.2) is 14.5 Å². The highest BCUT2D eigenvalue weighted by Crippen LogP contribution is 2.32. The number of allylic oxidation sites excluding steroid dienone is 1. The van der Waals surface area contributed by atoms with Crippen LogP contribution >= 0.6 is 0 Å². The lowest BCUT2D eigenvalue weighted by atomic mass is 9.88. The first kappa shape index (κ1) is 17.5. The van der Waals surface area contributed by atoms with E-state index in [0.29, 0.717) is 11.9 Å². The Morgan fingerprint density at radius 3 is 2.85 bits per heavy atom. The number of hydrogen-bond donors (Lipinski definition) is 0. The lowest BCUT2D eigenvalue weighted by molar-refractivity contribution is 0.243. The van der Waals surface area contributed by atoms with Crippen molar-refractivity contribution in [1.29, 1.82) is 0 Å². The van der Waals surface area contributed by atoms with Gasteiger partial charge in [0.2, 0.25) is 5.95 Å². The fourth-order valence-electron chi connectivity index (χ4n) is 3.58. The summed E-state index contributed by atoms with van der Waals surface area (Å²) in [7, 11) is 1.65. The second-order valence-corrected chi connectivity index (χ2v) is 6.87. The van der Waals surface area contributed by atoms with Crippen molar-refractivity contribution in [3.8, 4) is 11.3 Å². The lowest BCUT2D eigenvalue weighted by Crippen LogP contribution is -2.27. The minimum absolute atomic E-state index is 0.248. The maximum absolute atomic E-state index is 14.1. The third-order valence-corrected chi connectivity index (χ3v) is 5.09. The average molecular weight is 368 g/mol. The van der Waals surface area contributed by atoms with E-state index in [0.717, 1.165) is 24.8 Å². The molecule has 3 heterocycles. The summed E-state index contributed by atoms with van der Waals surface area (Å²) in [5, 5.41) is 0. The molecule has 2 aromatic rings. The van der Waals surface area contributed by atoms with Crippen molar-refractivity contribution in [1.82, 2.24) is 14.5 Å². The largest absolute Gasteiger partial charge is 0.466 e. The first-order valence-electron chi connectivity index (χ1n) is 9.15. The molecule has 7 heteroatoms. The summed E-state index contributed by atoms with van der Waals surface area (Å²) in [6, 6.07) is 2.84. The van der Waals surface area contributed by atoms with Gasteiger partial charge in [-0.05, 0) is 18.9 Å². The Kier molecular flexibility index (Phi) is 4.75. The molecule has 0 amide bonds. The normalized spacial score (nSPS) is 17.6. The molecule has 2 aromatic heterocycles. The zero-order valence-corrected chi connectivity index (χ0v) is 15.1. The molecule has 1 aliphatic heterocycles. The van der Waals surface area contributed by atoms with Gasteiger partial charge in [-0.2, -0.15) is 0 Å². The van der Waals surface area contributed by atoms with Crippen LogP contribution in [-0.2, 0) is 11.8 Å². The highest BCUT2D eigenvalue weighted by Gasteiger charge is 2.23. The first-order valence-corrected chi connectivity index (χ1v) is 9.15. The van der Waals surface area contributed by atoms with Crippen molar-refractivity contribution in [2.24, 2.45) is 13.0 Å². The predicted molar refractivity (Wildman–Crippen MR) is 100 cm³/mol. The Morgan fingerprint density at radius 1 is 1.26 bits per heavy atom. The molecular formula is C20H21FN4O2. The standard InChI is InChI=1S/C20H21FN4O2/c1-24-19(26)11-17(15-7-8-22-12-16(15)21)23-20(24)25-9-10-27-18(13-25)14-5-3-2-4-6-14/h7-14H,2-6H2,1H3. The van der Waals surface area contributed by atoms with Crippen molar-refractivity contribution in [3.05, 3.63) is 65.1 Å². The topological polar surface area (TPSA) is 60.2 Å². The van der Waals surface area contributed by atoms with E-state index in [1.54, 1.807) is 24.4 Å². The molecule has 1 aliphatic carbocycles.